The van der Waals surface area contributed by atoms with Gasteiger partial charge in [0.1, 0.15) is 0 Å². The number of benzene rings is 2. The number of nitrogens with zero attached hydrogens (tertiary/aromatic N) is 1. The van der Waals surface area contributed by atoms with Crippen LogP contribution in [-0.2, 0) is 23.0 Å². The van der Waals surface area contributed by atoms with E-state index in [0.29, 0.717) is 11.6 Å². The van der Waals surface area contributed by atoms with E-state index >= 15 is 0 Å². The fourth-order valence-electron chi connectivity index (χ4n) is 3.31. The summed E-state index contributed by atoms with van der Waals surface area (Å²) in [5.41, 5.74) is 2.91. The summed E-state index contributed by atoms with van der Waals surface area (Å²) < 4.78 is 27.1. The first-order chi connectivity index (χ1) is 12.5. The lowest BCUT2D eigenvalue weighted by atomic mass is 10.00. The van der Waals surface area contributed by atoms with Crippen molar-refractivity contribution >= 4 is 21.6 Å². The van der Waals surface area contributed by atoms with E-state index in [1.807, 2.05) is 0 Å². The number of rotatable bonds is 8. The summed E-state index contributed by atoms with van der Waals surface area (Å²) in [5, 5.41) is 0.427. The van der Waals surface area contributed by atoms with E-state index in [9.17, 15) is 8.42 Å². The van der Waals surface area contributed by atoms with Gasteiger partial charge in [0.2, 0.25) is 10.0 Å². The molecule has 0 fully saturated rings. The third kappa shape index (κ3) is 5.30. The molecule has 0 unspecified atom stereocenters. The average molecular weight is 393 g/mol. The van der Waals surface area contributed by atoms with Crippen LogP contribution in [0.2, 0.25) is 5.02 Å². The molecule has 1 aliphatic heterocycles. The minimum atomic E-state index is -3.47. The van der Waals surface area contributed by atoms with Gasteiger partial charge in [-0.15, -0.1) is 0 Å². The van der Waals surface area contributed by atoms with Crippen LogP contribution in [0.5, 0.6) is 0 Å². The molecule has 26 heavy (non-hydrogen) atoms. The topological polar surface area (TPSA) is 49.4 Å². The highest BCUT2D eigenvalue weighted by molar-refractivity contribution is 7.89. The highest BCUT2D eigenvalue weighted by Gasteiger charge is 2.15. The van der Waals surface area contributed by atoms with Gasteiger partial charge in [-0.25, -0.2) is 13.1 Å². The van der Waals surface area contributed by atoms with E-state index in [4.69, 9.17) is 11.6 Å². The third-order valence-electron chi connectivity index (χ3n) is 4.76. The Balaban J connectivity index is 1.35. The molecule has 6 heteroatoms. The molecule has 0 saturated heterocycles. The predicted octanol–water partition coefficient (Wildman–Crippen LogP) is 3.85. The zero-order valence-corrected chi connectivity index (χ0v) is 16.4. The minimum absolute atomic E-state index is 0.219. The molecule has 0 amide bonds. The van der Waals surface area contributed by atoms with E-state index in [1.54, 1.807) is 18.2 Å². The van der Waals surface area contributed by atoms with Gasteiger partial charge in [-0.1, -0.05) is 48.4 Å². The van der Waals surface area contributed by atoms with Crippen LogP contribution in [0.1, 0.15) is 30.4 Å². The third-order valence-corrected chi connectivity index (χ3v) is 6.45. The van der Waals surface area contributed by atoms with Crippen LogP contribution in [-0.4, -0.2) is 33.0 Å². The summed E-state index contributed by atoms with van der Waals surface area (Å²) >= 11 is 5.86. The second-order valence-electron chi connectivity index (χ2n) is 6.71. The number of fused-ring (bicyclic) bond motifs is 1. The van der Waals surface area contributed by atoms with Crippen molar-refractivity contribution < 1.29 is 8.42 Å². The van der Waals surface area contributed by atoms with Crippen LogP contribution < -0.4 is 4.72 Å². The number of halogens is 1. The molecule has 0 atom stereocenters. The summed E-state index contributed by atoms with van der Waals surface area (Å²) in [7, 11) is -3.47. The number of unbranched alkanes of at least 4 members (excludes halogenated alkanes) is 2. The Morgan fingerprint density at radius 2 is 1.81 bits per heavy atom. The molecule has 3 rings (SSSR count). The second kappa shape index (κ2) is 9.00. The fraction of sp³-hybridized carbons (Fsp3) is 0.400. The number of hydrogen-bond acceptors (Lipinski definition) is 3. The molecule has 140 valence electrons. The van der Waals surface area contributed by atoms with Crippen LogP contribution in [0.25, 0.3) is 0 Å². The molecule has 0 aromatic heterocycles. The standard InChI is InChI=1S/C20H25ClN2O2S/c21-19-9-6-10-20(15-19)26(24,25)22-12-4-1-5-13-23-14-11-17-7-2-3-8-18(17)16-23/h2-3,6-10,15,22H,1,4-5,11-14,16H2. The van der Waals surface area contributed by atoms with E-state index in [1.165, 1.54) is 17.2 Å². The Kier molecular flexibility index (Phi) is 6.70. The summed E-state index contributed by atoms with van der Waals surface area (Å²) in [6, 6.07) is 15.0. The molecule has 2 aromatic carbocycles. The Morgan fingerprint density at radius 1 is 1.00 bits per heavy atom. The summed E-state index contributed by atoms with van der Waals surface area (Å²) in [6.45, 7) is 3.66. The van der Waals surface area contributed by atoms with Gasteiger partial charge in [0, 0.05) is 24.7 Å². The molecule has 1 heterocycles. The minimum Gasteiger partial charge on any atom is -0.299 e. The normalized spacial score (nSPS) is 15.0. The lowest BCUT2D eigenvalue weighted by Gasteiger charge is -2.28. The monoisotopic (exact) mass is 392 g/mol. The quantitative estimate of drug-likeness (QED) is 0.694. The van der Waals surface area contributed by atoms with Crippen molar-refractivity contribution in [1.82, 2.24) is 9.62 Å². The first kappa shape index (κ1) is 19.4. The van der Waals surface area contributed by atoms with Crippen molar-refractivity contribution in [2.75, 3.05) is 19.6 Å². The van der Waals surface area contributed by atoms with E-state index < -0.39 is 10.0 Å². The Bertz CT molecular complexity index is 839. The second-order valence-corrected chi connectivity index (χ2v) is 8.91. The Morgan fingerprint density at radius 3 is 2.62 bits per heavy atom. The van der Waals surface area contributed by atoms with E-state index in [0.717, 1.165) is 45.3 Å². The molecule has 1 aliphatic rings. The van der Waals surface area contributed by atoms with Crippen molar-refractivity contribution in [1.29, 1.82) is 0 Å². The van der Waals surface area contributed by atoms with Crippen LogP contribution in [0, 0.1) is 0 Å². The first-order valence-corrected chi connectivity index (χ1v) is 10.9. The lowest BCUT2D eigenvalue weighted by molar-refractivity contribution is 0.248. The smallest absolute Gasteiger partial charge is 0.240 e. The van der Waals surface area contributed by atoms with Gasteiger partial charge in [0.15, 0.2) is 0 Å². The number of nitrogens with one attached hydrogen (secondary N) is 1. The van der Waals surface area contributed by atoms with Crippen LogP contribution in [0.4, 0.5) is 0 Å². The first-order valence-electron chi connectivity index (χ1n) is 9.09. The fourth-order valence-corrected chi connectivity index (χ4v) is 4.68. The number of sulfonamides is 1. The maximum absolute atomic E-state index is 12.2. The summed E-state index contributed by atoms with van der Waals surface area (Å²) in [6.07, 6.45) is 4.05. The zero-order chi connectivity index (χ0) is 18.4. The average Bonchev–Trinajstić information content (AvgIpc) is 2.64. The van der Waals surface area contributed by atoms with E-state index in [-0.39, 0.29) is 4.90 Å². The lowest BCUT2D eigenvalue weighted by Crippen LogP contribution is -2.31. The zero-order valence-electron chi connectivity index (χ0n) is 14.8. The van der Waals surface area contributed by atoms with Crippen LogP contribution >= 0.6 is 11.6 Å². The van der Waals surface area contributed by atoms with Crippen molar-refractivity contribution in [3.8, 4) is 0 Å². The van der Waals surface area contributed by atoms with E-state index in [2.05, 4.69) is 33.9 Å². The molecular weight excluding hydrogens is 368 g/mol. The van der Waals surface area contributed by atoms with Gasteiger partial charge >= 0.3 is 0 Å². The molecule has 4 nitrogen and oxygen atoms in total. The van der Waals surface area contributed by atoms with Crippen LogP contribution in [0.3, 0.4) is 0 Å². The SMILES string of the molecule is O=S(=O)(NCCCCCN1CCc2ccccc2C1)c1cccc(Cl)c1. The van der Waals surface area contributed by atoms with Crippen molar-refractivity contribution in [3.05, 3.63) is 64.7 Å². The maximum atomic E-state index is 12.2. The van der Waals surface area contributed by atoms with Gasteiger partial charge in [0.25, 0.3) is 0 Å². The van der Waals surface area contributed by atoms with Gasteiger partial charge < -0.3 is 0 Å². The highest BCUT2D eigenvalue weighted by atomic mass is 35.5. The number of hydrogen-bond donors (Lipinski definition) is 1. The Hall–Kier alpha value is -1.40. The maximum Gasteiger partial charge on any atom is 0.240 e. The van der Waals surface area contributed by atoms with Crippen molar-refractivity contribution in [3.63, 3.8) is 0 Å². The molecule has 0 aliphatic carbocycles. The molecule has 2 aromatic rings. The molecule has 0 bridgehead atoms. The van der Waals surface area contributed by atoms with Gasteiger partial charge in [-0.2, -0.15) is 0 Å². The molecular formula is C20H25ClN2O2S. The van der Waals surface area contributed by atoms with Gasteiger partial charge in [-0.05, 0) is 55.1 Å². The van der Waals surface area contributed by atoms with Crippen molar-refractivity contribution in [2.45, 2.75) is 37.1 Å². The molecule has 0 spiro atoms. The highest BCUT2D eigenvalue weighted by Crippen LogP contribution is 2.19. The van der Waals surface area contributed by atoms with Crippen LogP contribution in [0.15, 0.2) is 53.4 Å². The summed E-state index contributed by atoms with van der Waals surface area (Å²) in [4.78, 5) is 2.70. The largest absolute Gasteiger partial charge is 0.299 e. The van der Waals surface area contributed by atoms with Gasteiger partial charge in [-0.3, -0.25) is 4.90 Å². The molecule has 1 N–H and O–H groups in total. The molecule has 0 saturated carbocycles. The molecule has 0 radical (unpaired) electrons. The predicted molar refractivity (Wildman–Crippen MR) is 106 cm³/mol. The Labute approximate surface area is 161 Å². The van der Waals surface area contributed by atoms with Crippen molar-refractivity contribution in [2.24, 2.45) is 0 Å². The van der Waals surface area contributed by atoms with Gasteiger partial charge in [0.05, 0.1) is 4.90 Å². The summed E-state index contributed by atoms with van der Waals surface area (Å²) in [5.74, 6) is 0.